The van der Waals surface area contributed by atoms with Gasteiger partial charge in [0, 0.05) is 13.1 Å². The Labute approximate surface area is 120 Å². The lowest BCUT2D eigenvalue weighted by atomic mass is 9.93. The number of nitrogens with zero attached hydrogens (tertiary/aromatic N) is 1. The zero-order chi connectivity index (χ0) is 13.7. The maximum Gasteiger partial charge on any atom is 0.137 e. The van der Waals surface area contributed by atoms with Crippen LogP contribution >= 0.6 is 11.6 Å². The summed E-state index contributed by atoms with van der Waals surface area (Å²) in [5.74, 6) is 1.14. The van der Waals surface area contributed by atoms with Crippen molar-refractivity contribution in [2.24, 2.45) is 5.92 Å². The van der Waals surface area contributed by atoms with Gasteiger partial charge in [0.2, 0.25) is 0 Å². The third-order valence-corrected chi connectivity index (χ3v) is 4.04. The highest BCUT2D eigenvalue weighted by Gasteiger charge is 2.23. The number of ether oxygens (including phenoxy) is 1. The average molecular weight is 284 g/mol. The molecule has 1 aromatic carbocycles. The Morgan fingerprint density at radius 2 is 2.26 bits per heavy atom. The summed E-state index contributed by atoms with van der Waals surface area (Å²) in [6, 6.07) is 7.54. The van der Waals surface area contributed by atoms with Gasteiger partial charge in [-0.15, -0.1) is 0 Å². The number of likely N-dealkylation sites (tertiary alicyclic amines) is 1. The fourth-order valence-electron chi connectivity index (χ4n) is 2.53. The van der Waals surface area contributed by atoms with E-state index in [1.807, 2.05) is 31.2 Å². The number of aliphatic hydroxyl groups excluding tert-OH is 1. The van der Waals surface area contributed by atoms with Crippen LogP contribution in [0.25, 0.3) is 0 Å². The van der Waals surface area contributed by atoms with Gasteiger partial charge in [-0.25, -0.2) is 0 Å². The van der Waals surface area contributed by atoms with Crippen LogP contribution in [0.5, 0.6) is 5.75 Å². The van der Waals surface area contributed by atoms with E-state index in [9.17, 15) is 5.11 Å². The van der Waals surface area contributed by atoms with Crippen molar-refractivity contribution in [1.82, 2.24) is 4.90 Å². The Kier molecular flexibility index (Phi) is 5.49. The van der Waals surface area contributed by atoms with Crippen LogP contribution < -0.4 is 4.74 Å². The maximum absolute atomic E-state index is 9.66. The number of para-hydroxylation sites is 1. The van der Waals surface area contributed by atoms with Crippen molar-refractivity contribution >= 4 is 11.6 Å². The smallest absolute Gasteiger partial charge is 0.137 e. The van der Waals surface area contributed by atoms with Gasteiger partial charge in [0.25, 0.3) is 0 Å². The van der Waals surface area contributed by atoms with E-state index in [0.717, 1.165) is 38.2 Å². The first-order chi connectivity index (χ1) is 9.16. The molecule has 0 aromatic heterocycles. The summed E-state index contributed by atoms with van der Waals surface area (Å²) in [6.07, 6.45) is 2.06. The van der Waals surface area contributed by atoms with Gasteiger partial charge in [0.15, 0.2) is 0 Å². The number of hydrogen-bond acceptors (Lipinski definition) is 3. The SMILES string of the molecule is CC(O)C1CCCN(CCOc2ccccc2Cl)C1. The van der Waals surface area contributed by atoms with Crippen molar-refractivity contribution in [2.45, 2.75) is 25.9 Å². The molecular formula is C15H22ClNO2. The molecule has 2 unspecified atom stereocenters. The zero-order valence-corrected chi connectivity index (χ0v) is 12.1. The number of halogens is 1. The summed E-state index contributed by atoms with van der Waals surface area (Å²) in [7, 11) is 0. The fourth-order valence-corrected chi connectivity index (χ4v) is 2.72. The van der Waals surface area contributed by atoms with Crippen LogP contribution in [0.1, 0.15) is 19.8 Å². The van der Waals surface area contributed by atoms with E-state index < -0.39 is 0 Å². The van der Waals surface area contributed by atoms with Crippen molar-refractivity contribution in [3.05, 3.63) is 29.3 Å². The van der Waals surface area contributed by atoms with Crippen molar-refractivity contribution < 1.29 is 9.84 Å². The van der Waals surface area contributed by atoms with Gasteiger partial charge in [-0.2, -0.15) is 0 Å². The summed E-state index contributed by atoms with van der Waals surface area (Å²) in [6.45, 7) is 5.46. The molecule has 0 radical (unpaired) electrons. The Bertz CT molecular complexity index is 397. The van der Waals surface area contributed by atoms with Gasteiger partial charge in [0.05, 0.1) is 11.1 Å². The average Bonchev–Trinajstić information content (AvgIpc) is 2.41. The molecule has 1 saturated heterocycles. The van der Waals surface area contributed by atoms with Crippen molar-refractivity contribution in [1.29, 1.82) is 0 Å². The van der Waals surface area contributed by atoms with Gasteiger partial charge in [-0.05, 0) is 44.4 Å². The highest BCUT2D eigenvalue weighted by molar-refractivity contribution is 6.32. The quantitative estimate of drug-likeness (QED) is 0.902. The topological polar surface area (TPSA) is 32.7 Å². The summed E-state index contributed by atoms with van der Waals surface area (Å²) in [4.78, 5) is 2.36. The molecule has 1 aliphatic heterocycles. The van der Waals surface area contributed by atoms with Crippen molar-refractivity contribution in [2.75, 3.05) is 26.2 Å². The molecule has 0 bridgehead atoms. The van der Waals surface area contributed by atoms with E-state index in [1.165, 1.54) is 0 Å². The molecule has 1 aliphatic rings. The van der Waals surface area contributed by atoms with Crippen LogP contribution in [-0.2, 0) is 0 Å². The standard InChI is InChI=1S/C15H22ClNO2/c1-12(18)13-5-4-8-17(11-13)9-10-19-15-7-3-2-6-14(15)16/h2-3,6-7,12-13,18H,4-5,8-11H2,1H3. The summed E-state index contributed by atoms with van der Waals surface area (Å²) in [5.41, 5.74) is 0. The molecule has 1 aromatic rings. The molecule has 4 heteroatoms. The van der Waals surface area contributed by atoms with E-state index in [0.29, 0.717) is 17.5 Å². The third-order valence-electron chi connectivity index (χ3n) is 3.73. The zero-order valence-electron chi connectivity index (χ0n) is 11.4. The van der Waals surface area contributed by atoms with Crippen LogP contribution in [0, 0.1) is 5.92 Å². The summed E-state index contributed by atoms with van der Waals surface area (Å²) < 4.78 is 5.70. The minimum absolute atomic E-state index is 0.215. The lowest BCUT2D eigenvalue weighted by Gasteiger charge is -2.33. The largest absolute Gasteiger partial charge is 0.491 e. The number of rotatable bonds is 5. The molecule has 0 saturated carbocycles. The number of hydrogen-bond donors (Lipinski definition) is 1. The van der Waals surface area contributed by atoms with E-state index in [2.05, 4.69) is 4.90 Å². The molecule has 19 heavy (non-hydrogen) atoms. The van der Waals surface area contributed by atoms with Crippen molar-refractivity contribution in [3.63, 3.8) is 0 Å². The molecule has 2 rings (SSSR count). The minimum atomic E-state index is -0.215. The van der Waals surface area contributed by atoms with Crippen LogP contribution in [0.4, 0.5) is 0 Å². The van der Waals surface area contributed by atoms with Gasteiger partial charge in [-0.1, -0.05) is 23.7 Å². The lowest BCUT2D eigenvalue weighted by Crippen LogP contribution is -2.41. The molecule has 0 aliphatic carbocycles. The van der Waals surface area contributed by atoms with E-state index in [1.54, 1.807) is 0 Å². The summed E-state index contributed by atoms with van der Waals surface area (Å²) in [5, 5.41) is 10.3. The van der Waals surface area contributed by atoms with Crippen molar-refractivity contribution in [3.8, 4) is 5.75 Å². The Morgan fingerprint density at radius 1 is 1.47 bits per heavy atom. The predicted octanol–water partition coefficient (Wildman–Crippen LogP) is 2.81. The molecule has 0 amide bonds. The monoisotopic (exact) mass is 283 g/mol. The first-order valence-electron chi connectivity index (χ1n) is 6.94. The minimum Gasteiger partial charge on any atom is -0.491 e. The molecule has 1 heterocycles. The van der Waals surface area contributed by atoms with E-state index >= 15 is 0 Å². The van der Waals surface area contributed by atoms with Crippen LogP contribution in [0.3, 0.4) is 0 Å². The Morgan fingerprint density at radius 3 is 3.00 bits per heavy atom. The molecule has 0 spiro atoms. The first kappa shape index (κ1) is 14.6. The Balaban J connectivity index is 1.75. The first-order valence-corrected chi connectivity index (χ1v) is 7.32. The molecule has 106 valence electrons. The maximum atomic E-state index is 9.66. The van der Waals surface area contributed by atoms with Crippen LogP contribution in [0.2, 0.25) is 5.02 Å². The summed E-state index contributed by atoms with van der Waals surface area (Å²) >= 11 is 6.04. The van der Waals surface area contributed by atoms with Crippen LogP contribution in [0.15, 0.2) is 24.3 Å². The molecular weight excluding hydrogens is 262 g/mol. The van der Waals surface area contributed by atoms with Gasteiger partial charge < -0.3 is 9.84 Å². The Hall–Kier alpha value is -0.770. The normalized spacial score (nSPS) is 22.2. The van der Waals surface area contributed by atoms with Gasteiger partial charge in [0.1, 0.15) is 12.4 Å². The predicted molar refractivity (Wildman–Crippen MR) is 77.8 cm³/mol. The van der Waals surface area contributed by atoms with Crippen LogP contribution in [-0.4, -0.2) is 42.4 Å². The third kappa shape index (κ3) is 4.37. The molecule has 1 N–H and O–H groups in total. The van der Waals surface area contributed by atoms with Gasteiger partial charge >= 0.3 is 0 Å². The van der Waals surface area contributed by atoms with E-state index in [-0.39, 0.29) is 6.10 Å². The molecule has 3 nitrogen and oxygen atoms in total. The molecule has 2 atom stereocenters. The number of aliphatic hydroxyl groups is 1. The second-order valence-corrected chi connectivity index (χ2v) is 5.63. The highest BCUT2D eigenvalue weighted by atomic mass is 35.5. The fraction of sp³-hybridized carbons (Fsp3) is 0.600. The van der Waals surface area contributed by atoms with Gasteiger partial charge in [-0.3, -0.25) is 4.90 Å². The second kappa shape index (κ2) is 7.13. The number of piperidine rings is 1. The van der Waals surface area contributed by atoms with E-state index in [4.69, 9.17) is 16.3 Å². The highest BCUT2D eigenvalue weighted by Crippen LogP contribution is 2.23. The lowest BCUT2D eigenvalue weighted by molar-refractivity contribution is 0.0573. The second-order valence-electron chi connectivity index (χ2n) is 5.22. The molecule has 1 fully saturated rings. The number of benzene rings is 1.